The van der Waals surface area contributed by atoms with Crippen LogP contribution in [0.5, 0.6) is 5.88 Å². The molecule has 0 spiro atoms. The maximum atomic E-state index is 11.7. The van der Waals surface area contributed by atoms with Crippen molar-refractivity contribution in [2.24, 2.45) is 0 Å². The summed E-state index contributed by atoms with van der Waals surface area (Å²) in [6.07, 6.45) is 0.947. The highest BCUT2D eigenvalue weighted by molar-refractivity contribution is 5.99. The molecule has 98 valence electrons. The van der Waals surface area contributed by atoms with Crippen molar-refractivity contribution in [2.45, 2.75) is 13.8 Å². The van der Waals surface area contributed by atoms with Crippen molar-refractivity contribution in [2.75, 3.05) is 18.9 Å². The number of hydrogen-bond donors (Lipinski definition) is 1. The van der Waals surface area contributed by atoms with Crippen molar-refractivity contribution >= 4 is 17.3 Å². The first-order chi connectivity index (χ1) is 8.52. The van der Waals surface area contributed by atoms with E-state index in [0.29, 0.717) is 0 Å². The van der Waals surface area contributed by atoms with Crippen molar-refractivity contribution in [1.82, 2.24) is 4.98 Å². The summed E-state index contributed by atoms with van der Waals surface area (Å²) in [6.45, 7) is 3.66. The van der Waals surface area contributed by atoms with E-state index in [-0.39, 0.29) is 30.3 Å². The van der Waals surface area contributed by atoms with Gasteiger partial charge in [-0.1, -0.05) is 0 Å². The van der Waals surface area contributed by atoms with Crippen molar-refractivity contribution in [3.8, 4) is 5.88 Å². The zero-order chi connectivity index (χ0) is 13.7. The van der Waals surface area contributed by atoms with Gasteiger partial charge in [-0.3, -0.25) is 10.1 Å². The monoisotopic (exact) mass is 255 g/mol. The summed E-state index contributed by atoms with van der Waals surface area (Å²) in [4.78, 5) is 25.4. The SMILES string of the molecule is CCOC(=O)c1c(OCC)ncc([N+](=O)[O-])c1N. The molecule has 0 unspecified atom stereocenters. The fourth-order valence-electron chi connectivity index (χ4n) is 1.29. The number of carbonyl (C=O) groups is 1. The fraction of sp³-hybridized carbons (Fsp3) is 0.400. The Hall–Kier alpha value is -2.38. The molecular weight excluding hydrogens is 242 g/mol. The molecule has 2 N–H and O–H groups in total. The number of nitrogens with two attached hydrogens (primary N) is 1. The number of rotatable bonds is 5. The predicted molar refractivity (Wildman–Crippen MR) is 62.4 cm³/mol. The third-order valence-corrected chi connectivity index (χ3v) is 2.02. The summed E-state index contributed by atoms with van der Waals surface area (Å²) in [5, 5.41) is 10.7. The van der Waals surface area contributed by atoms with E-state index in [9.17, 15) is 14.9 Å². The summed E-state index contributed by atoms with van der Waals surface area (Å²) < 4.78 is 9.87. The summed E-state index contributed by atoms with van der Waals surface area (Å²) in [6, 6.07) is 0. The Kier molecular flexibility index (Phi) is 4.41. The lowest BCUT2D eigenvalue weighted by Gasteiger charge is -2.10. The maximum Gasteiger partial charge on any atom is 0.346 e. The van der Waals surface area contributed by atoms with Crippen molar-refractivity contribution in [1.29, 1.82) is 0 Å². The van der Waals surface area contributed by atoms with Crippen LogP contribution in [-0.4, -0.2) is 29.1 Å². The number of anilines is 1. The third-order valence-electron chi connectivity index (χ3n) is 2.02. The summed E-state index contributed by atoms with van der Waals surface area (Å²) in [5.74, 6) is -0.867. The van der Waals surface area contributed by atoms with E-state index in [0.717, 1.165) is 6.20 Å². The summed E-state index contributed by atoms with van der Waals surface area (Å²) >= 11 is 0. The van der Waals surface area contributed by atoms with Gasteiger partial charge in [-0.25, -0.2) is 9.78 Å². The number of nitro groups is 1. The van der Waals surface area contributed by atoms with Crippen LogP contribution in [0.2, 0.25) is 0 Å². The lowest BCUT2D eigenvalue weighted by Crippen LogP contribution is -2.13. The molecule has 1 rings (SSSR count). The Morgan fingerprint density at radius 3 is 2.67 bits per heavy atom. The van der Waals surface area contributed by atoms with Gasteiger partial charge in [0.2, 0.25) is 5.88 Å². The second-order valence-electron chi connectivity index (χ2n) is 3.15. The van der Waals surface area contributed by atoms with Crippen LogP contribution in [-0.2, 0) is 4.74 Å². The molecule has 1 heterocycles. The van der Waals surface area contributed by atoms with Crippen molar-refractivity contribution in [3.63, 3.8) is 0 Å². The lowest BCUT2D eigenvalue weighted by molar-refractivity contribution is -0.384. The van der Waals surface area contributed by atoms with Gasteiger partial charge in [0.05, 0.1) is 18.1 Å². The molecule has 0 radical (unpaired) electrons. The van der Waals surface area contributed by atoms with Crippen LogP contribution >= 0.6 is 0 Å². The minimum absolute atomic E-state index is 0.0703. The van der Waals surface area contributed by atoms with E-state index in [1.54, 1.807) is 13.8 Å². The van der Waals surface area contributed by atoms with Crippen LogP contribution in [0.1, 0.15) is 24.2 Å². The molecule has 0 aliphatic carbocycles. The minimum atomic E-state index is -0.797. The van der Waals surface area contributed by atoms with Gasteiger partial charge in [-0.2, -0.15) is 0 Å². The van der Waals surface area contributed by atoms with E-state index in [2.05, 4.69) is 4.98 Å². The van der Waals surface area contributed by atoms with Gasteiger partial charge in [0.1, 0.15) is 11.9 Å². The van der Waals surface area contributed by atoms with Crippen molar-refractivity contribution < 1.29 is 19.2 Å². The molecule has 0 saturated carbocycles. The number of ether oxygens (including phenoxy) is 2. The smallest absolute Gasteiger partial charge is 0.346 e. The Morgan fingerprint density at radius 2 is 2.17 bits per heavy atom. The molecule has 0 saturated heterocycles. The molecule has 0 bridgehead atoms. The summed E-state index contributed by atoms with van der Waals surface area (Å²) in [5.41, 5.74) is 4.60. The molecule has 8 heteroatoms. The Balaban J connectivity index is 3.35. The zero-order valence-electron chi connectivity index (χ0n) is 10.0. The standard InChI is InChI=1S/C10H13N3O5/c1-3-17-9-7(10(14)18-4-2)8(11)6(5-12-9)13(15)16/h5H,3-4H2,1-2H3,(H2,11,12). The largest absolute Gasteiger partial charge is 0.477 e. The average molecular weight is 255 g/mol. The molecule has 0 fully saturated rings. The van der Waals surface area contributed by atoms with E-state index < -0.39 is 16.6 Å². The highest BCUT2D eigenvalue weighted by Gasteiger charge is 2.26. The fourth-order valence-corrected chi connectivity index (χ4v) is 1.29. The topological polar surface area (TPSA) is 118 Å². The number of carbonyl (C=O) groups excluding carboxylic acids is 1. The predicted octanol–water partition coefficient (Wildman–Crippen LogP) is 1.15. The molecule has 1 aromatic heterocycles. The van der Waals surface area contributed by atoms with Crippen LogP contribution < -0.4 is 10.5 Å². The number of nitrogens with zero attached hydrogens (tertiary/aromatic N) is 2. The summed E-state index contributed by atoms with van der Waals surface area (Å²) in [7, 11) is 0. The number of nitrogen functional groups attached to an aromatic ring is 1. The molecule has 18 heavy (non-hydrogen) atoms. The molecule has 0 aliphatic rings. The van der Waals surface area contributed by atoms with E-state index >= 15 is 0 Å². The molecule has 1 aromatic rings. The van der Waals surface area contributed by atoms with Crippen LogP contribution in [0.25, 0.3) is 0 Å². The molecule has 0 aromatic carbocycles. The molecule has 8 nitrogen and oxygen atoms in total. The molecule has 0 aliphatic heterocycles. The van der Waals surface area contributed by atoms with Gasteiger partial charge in [-0.15, -0.1) is 0 Å². The van der Waals surface area contributed by atoms with E-state index in [1.165, 1.54) is 0 Å². The van der Waals surface area contributed by atoms with Crippen LogP contribution in [0, 0.1) is 10.1 Å². The second kappa shape index (κ2) is 5.80. The molecule has 0 atom stereocenters. The van der Waals surface area contributed by atoms with Gasteiger partial charge in [-0.05, 0) is 13.8 Å². The highest BCUT2D eigenvalue weighted by Crippen LogP contribution is 2.31. The maximum absolute atomic E-state index is 11.7. The molecular formula is C10H13N3O5. The van der Waals surface area contributed by atoms with Gasteiger partial charge >= 0.3 is 11.7 Å². The van der Waals surface area contributed by atoms with Gasteiger partial charge in [0.15, 0.2) is 5.56 Å². The number of hydrogen-bond acceptors (Lipinski definition) is 7. The van der Waals surface area contributed by atoms with Gasteiger partial charge < -0.3 is 15.2 Å². The van der Waals surface area contributed by atoms with E-state index in [4.69, 9.17) is 15.2 Å². The van der Waals surface area contributed by atoms with Crippen LogP contribution in [0.15, 0.2) is 6.20 Å². The Labute approximate surface area is 103 Å². The minimum Gasteiger partial charge on any atom is -0.477 e. The zero-order valence-corrected chi connectivity index (χ0v) is 10.0. The Bertz CT molecular complexity index is 475. The van der Waals surface area contributed by atoms with Crippen molar-refractivity contribution in [3.05, 3.63) is 21.9 Å². The van der Waals surface area contributed by atoms with Crippen LogP contribution in [0.4, 0.5) is 11.4 Å². The first kappa shape index (κ1) is 13.7. The third kappa shape index (κ3) is 2.65. The number of pyridine rings is 1. The normalized spacial score (nSPS) is 9.89. The first-order valence-corrected chi connectivity index (χ1v) is 5.25. The average Bonchev–Trinajstić information content (AvgIpc) is 2.29. The van der Waals surface area contributed by atoms with Crippen LogP contribution in [0.3, 0.4) is 0 Å². The quantitative estimate of drug-likeness (QED) is 0.476. The van der Waals surface area contributed by atoms with Gasteiger partial charge in [0, 0.05) is 0 Å². The first-order valence-electron chi connectivity index (χ1n) is 5.25. The van der Waals surface area contributed by atoms with E-state index in [1.807, 2.05) is 0 Å². The molecule has 0 amide bonds. The number of esters is 1. The second-order valence-corrected chi connectivity index (χ2v) is 3.15. The van der Waals surface area contributed by atoms with Gasteiger partial charge in [0.25, 0.3) is 0 Å². The Morgan fingerprint density at radius 1 is 1.50 bits per heavy atom. The lowest BCUT2D eigenvalue weighted by atomic mass is 10.2. The number of aromatic nitrogens is 1. The highest BCUT2D eigenvalue weighted by atomic mass is 16.6.